The van der Waals surface area contributed by atoms with Crippen LogP contribution in [0.5, 0.6) is 0 Å². The smallest absolute Gasteiger partial charge is 0.391 e. The normalized spacial score (nSPS) is 18.1. The second-order valence-electron chi connectivity index (χ2n) is 9.04. The van der Waals surface area contributed by atoms with Crippen LogP contribution in [0.3, 0.4) is 0 Å². The van der Waals surface area contributed by atoms with Gasteiger partial charge in [0, 0.05) is 29.9 Å². The number of β-amino-alcohol motifs (C(OH)–C–C–N with tert-alkyl or cyclic N) is 1. The van der Waals surface area contributed by atoms with Gasteiger partial charge in [0.1, 0.15) is 0 Å². The molecule has 0 radical (unpaired) electrons. The van der Waals surface area contributed by atoms with Crippen LogP contribution in [0.2, 0.25) is 0 Å². The van der Waals surface area contributed by atoms with Crippen LogP contribution in [-0.4, -0.2) is 34.1 Å². The summed E-state index contributed by atoms with van der Waals surface area (Å²) in [7, 11) is 0. The van der Waals surface area contributed by atoms with Crippen LogP contribution in [-0.2, 0) is 25.2 Å². The van der Waals surface area contributed by atoms with Gasteiger partial charge in [-0.25, -0.2) is 0 Å². The van der Waals surface area contributed by atoms with Gasteiger partial charge in [-0.05, 0) is 61.6 Å². The number of hydrogen-bond donors (Lipinski definition) is 1. The topological polar surface area (TPSA) is 58.4 Å². The lowest BCUT2D eigenvalue weighted by Gasteiger charge is -2.22. The molecule has 1 aliphatic heterocycles. The fourth-order valence-corrected chi connectivity index (χ4v) is 4.89. The first-order valence-electron chi connectivity index (χ1n) is 11.4. The standard InChI is InChI=1S/C25H21F6N3O2/c26-24(27,28)15-6-4-14(5-7-15)22-18-2-1-3-19(18)23(36)34(32-22)21-12-16(33-11-10-17(35)13-33)8-9-20(21)25(29,30)31/h4-9,12,17,35H,1-3,10-11,13H2/t17-/m0/s1. The molecule has 1 aromatic heterocycles. The van der Waals surface area contributed by atoms with Gasteiger partial charge in [0.25, 0.3) is 5.56 Å². The van der Waals surface area contributed by atoms with Gasteiger partial charge in [0.2, 0.25) is 0 Å². The Bertz CT molecular complexity index is 1360. The van der Waals surface area contributed by atoms with Gasteiger partial charge in [0.05, 0.1) is 28.6 Å². The van der Waals surface area contributed by atoms with E-state index in [0.717, 1.165) is 22.9 Å². The molecule has 1 aliphatic carbocycles. The number of rotatable bonds is 3. The Morgan fingerprint density at radius 2 is 1.61 bits per heavy atom. The Morgan fingerprint density at radius 1 is 0.917 bits per heavy atom. The molecule has 2 aliphatic rings. The Kier molecular flexibility index (Phi) is 5.85. The molecular weight excluding hydrogens is 488 g/mol. The van der Waals surface area contributed by atoms with Crippen LogP contribution < -0.4 is 10.5 Å². The van der Waals surface area contributed by atoms with Crippen molar-refractivity contribution in [3.05, 3.63) is 75.1 Å². The van der Waals surface area contributed by atoms with Crippen molar-refractivity contribution >= 4 is 5.69 Å². The fraction of sp³-hybridized carbons (Fsp3) is 0.360. The van der Waals surface area contributed by atoms with Gasteiger partial charge < -0.3 is 10.0 Å². The molecule has 0 saturated carbocycles. The molecule has 5 nitrogen and oxygen atoms in total. The summed E-state index contributed by atoms with van der Waals surface area (Å²) in [4.78, 5) is 15.1. The maximum atomic E-state index is 14.0. The lowest BCUT2D eigenvalue weighted by molar-refractivity contribution is -0.138. The molecule has 1 fully saturated rings. The lowest BCUT2D eigenvalue weighted by Crippen LogP contribution is -2.29. The molecule has 0 unspecified atom stereocenters. The molecular formula is C25H21F6N3O2. The summed E-state index contributed by atoms with van der Waals surface area (Å²) in [5.74, 6) is 0. The molecule has 1 N–H and O–H groups in total. The van der Waals surface area contributed by atoms with Crippen LogP contribution in [0.25, 0.3) is 16.9 Å². The quantitative estimate of drug-likeness (QED) is 0.506. The highest BCUT2D eigenvalue weighted by molar-refractivity contribution is 5.66. The highest BCUT2D eigenvalue weighted by Gasteiger charge is 2.36. The zero-order valence-electron chi connectivity index (χ0n) is 18.8. The molecule has 0 amide bonds. The number of aliphatic hydroxyl groups excluding tert-OH is 1. The first kappa shape index (κ1) is 24.4. The molecule has 1 saturated heterocycles. The van der Waals surface area contributed by atoms with Crippen molar-refractivity contribution in [3.63, 3.8) is 0 Å². The monoisotopic (exact) mass is 509 g/mol. The van der Waals surface area contributed by atoms with Crippen molar-refractivity contribution in [1.82, 2.24) is 9.78 Å². The van der Waals surface area contributed by atoms with Crippen LogP contribution in [0, 0.1) is 0 Å². The van der Waals surface area contributed by atoms with Gasteiger partial charge in [-0.3, -0.25) is 4.79 Å². The molecule has 3 aromatic rings. The number of fused-ring (bicyclic) bond motifs is 1. The van der Waals surface area contributed by atoms with E-state index in [0.29, 0.717) is 49.0 Å². The number of alkyl halides is 6. The summed E-state index contributed by atoms with van der Waals surface area (Å²) >= 11 is 0. The van der Waals surface area contributed by atoms with E-state index in [-0.39, 0.29) is 17.8 Å². The van der Waals surface area contributed by atoms with E-state index in [1.807, 2.05) is 0 Å². The van der Waals surface area contributed by atoms with Crippen molar-refractivity contribution in [2.75, 3.05) is 18.0 Å². The highest BCUT2D eigenvalue weighted by Crippen LogP contribution is 2.38. The highest BCUT2D eigenvalue weighted by atomic mass is 19.4. The van der Waals surface area contributed by atoms with Crippen LogP contribution in [0.1, 0.15) is 35.1 Å². The maximum absolute atomic E-state index is 14.0. The van der Waals surface area contributed by atoms with E-state index in [1.54, 1.807) is 4.90 Å². The molecule has 1 atom stereocenters. The van der Waals surface area contributed by atoms with Gasteiger partial charge in [-0.1, -0.05) is 12.1 Å². The molecule has 0 bridgehead atoms. The van der Waals surface area contributed by atoms with Crippen molar-refractivity contribution in [1.29, 1.82) is 0 Å². The second-order valence-corrected chi connectivity index (χ2v) is 9.04. The van der Waals surface area contributed by atoms with Crippen molar-refractivity contribution in [2.24, 2.45) is 0 Å². The van der Waals surface area contributed by atoms with Crippen LogP contribution in [0.4, 0.5) is 32.0 Å². The average Bonchev–Trinajstić information content (AvgIpc) is 3.48. The van der Waals surface area contributed by atoms with Gasteiger partial charge in [-0.15, -0.1) is 0 Å². The van der Waals surface area contributed by atoms with Gasteiger partial charge in [-0.2, -0.15) is 36.1 Å². The predicted molar refractivity (Wildman–Crippen MR) is 120 cm³/mol. The minimum Gasteiger partial charge on any atom is -0.391 e. The number of halogens is 6. The average molecular weight is 509 g/mol. The molecule has 11 heteroatoms. The lowest BCUT2D eigenvalue weighted by atomic mass is 10.0. The molecule has 0 spiro atoms. The van der Waals surface area contributed by atoms with Gasteiger partial charge >= 0.3 is 12.4 Å². The third-order valence-electron chi connectivity index (χ3n) is 6.68. The summed E-state index contributed by atoms with van der Waals surface area (Å²) in [5.41, 5.74) is -1.34. The summed E-state index contributed by atoms with van der Waals surface area (Å²) in [5, 5.41) is 14.1. The third-order valence-corrected chi connectivity index (χ3v) is 6.68. The predicted octanol–water partition coefficient (Wildman–Crippen LogP) is 5.00. The molecule has 5 rings (SSSR count). The van der Waals surface area contributed by atoms with Crippen LogP contribution >= 0.6 is 0 Å². The summed E-state index contributed by atoms with van der Waals surface area (Å²) < 4.78 is 81.8. The summed E-state index contributed by atoms with van der Waals surface area (Å²) in [6.07, 6.45) is -8.10. The third kappa shape index (κ3) is 4.36. The minimum absolute atomic E-state index is 0.186. The van der Waals surface area contributed by atoms with Crippen molar-refractivity contribution in [2.45, 2.75) is 44.1 Å². The first-order valence-corrected chi connectivity index (χ1v) is 11.4. The number of aliphatic hydroxyl groups is 1. The Labute approximate surface area is 201 Å². The maximum Gasteiger partial charge on any atom is 0.418 e. The van der Waals surface area contributed by atoms with E-state index >= 15 is 0 Å². The Balaban J connectivity index is 1.70. The zero-order chi connectivity index (χ0) is 25.8. The van der Waals surface area contributed by atoms with E-state index < -0.39 is 40.8 Å². The SMILES string of the molecule is O=c1c2c(c(-c3ccc(C(F)(F)F)cc3)nn1-c1cc(N3CC[C@H](O)C3)ccc1C(F)(F)F)CCC2. The van der Waals surface area contributed by atoms with E-state index in [9.17, 15) is 36.2 Å². The summed E-state index contributed by atoms with van der Waals surface area (Å²) in [6.45, 7) is 0.684. The van der Waals surface area contributed by atoms with Gasteiger partial charge in [0.15, 0.2) is 0 Å². The molecule has 2 aromatic carbocycles. The van der Waals surface area contributed by atoms with Crippen molar-refractivity contribution < 1.29 is 31.4 Å². The second kappa shape index (κ2) is 8.65. The van der Waals surface area contributed by atoms with E-state index in [1.165, 1.54) is 24.3 Å². The Morgan fingerprint density at radius 3 is 2.22 bits per heavy atom. The Hall–Kier alpha value is -3.34. The largest absolute Gasteiger partial charge is 0.418 e. The van der Waals surface area contributed by atoms with E-state index in [4.69, 9.17) is 0 Å². The van der Waals surface area contributed by atoms with E-state index in [2.05, 4.69) is 5.10 Å². The first-order chi connectivity index (χ1) is 16.9. The zero-order valence-corrected chi connectivity index (χ0v) is 18.8. The number of hydrogen-bond acceptors (Lipinski definition) is 4. The molecule has 36 heavy (non-hydrogen) atoms. The molecule has 190 valence electrons. The number of benzene rings is 2. The van der Waals surface area contributed by atoms with Crippen molar-refractivity contribution in [3.8, 4) is 16.9 Å². The fourth-order valence-electron chi connectivity index (χ4n) is 4.89. The molecule has 2 heterocycles. The number of anilines is 1. The number of nitrogens with zero attached hydrogens (tertiary/aromatic N) is 3. The number of aromatic nitrogens is 2. The summed E-state index contributed by atoms with van der Waals surface area (Å²) in [6, 6.07) is 7.60. The van der Waals surface area contributed by atoms with Crippen LogP contribution in [0.15, 0.2) is 47.3 Å². The minimum atomic E-state index is -4.78.